The number of Topliss-reactive ketones (excluding diaryl/α,β-unsaturated/α-hetero) is 1. The molecule has 0 spiro atoms. The summed E-state index contributed by atoms with van der Waals surface area (Å²) in [5.74, 6) is 0.918. The molecule has 2 rings (SSSR count). The van der Waals surface area contributed by atoms with Gasteiger partial charge in [0, 0.05) is 0 Å². The minimum absolute atomic E-state index is 0.215. The fourth-order valence-electron chi connectivity index (χ4n) is 2.31. The highest BCUT2D eigenvalue weighted by molar-refractivity contribution is 5.96. The Morgan fingerprint density at radius 2 is 1.79 bits per heavy atom. The van der Waals surface area contributed by atoms with Crippen molar-refractivity contribution in [1.29, 1.82) is 0 Å². The summed E-state index contributed by atoms with van der Waals surface area (Å²) >= 11 is 0. The lowest BCUT2D eigenvalue weighted by Gasteiger charge is -2.19. The Morgan fingerprint density at radius 1 is 1.14 bits per heavy atom. The number of ketones is 1. The summed E-state index contributed by atoms with van der Waals surface area (Å²) < 4.78 is 5.73. The van der Waals surface area contributed by atoms with Gasteiger partial charge in [-0.25, -0.2) is 0 Å². The largest absolute Gasteiger partial charge is 0.484 e. The van der Waals surface area contributed by atoms with Gasteiger partial charge in [-0.2, -0.15) is 0 Å². The van der Waals surface area contributed by atoms with Gasteiger partial charge in [0.1, 0.15) is 5.60 Å². The molecule has 1 saturated carbocycles. The van der Waals surface area contributed by atoms with Crippen LogP contribution in [0.1, 0.15) is 52.4 Å². The van der Waals surface area contributed by atoms with Gasteiger partial charge in [0.25, 0.3) is 0 Å². The smallest absolute Gasteiger partial charge is 0.201 e. The molecule has 0 radical (unpaired) electrons. The highest BCUT2D eigenvalue weighted by atomic mass is 16.5. The summed E-state index contributed by atoms with van der Waals surface area (Å²) in [4.78, 5) is 11.7. The maximum absolute atomic E-state index is 11.7. The van der Waals surface area contributed by atoms with Crippen LogP contribution in [0.2, 0.25) is 0 Å². The van der Waals surface area contributed by atoms with Gasteiger partial charge < -0.3 is 4.74 Å². The highest BCUT2D eigenvalue weighted by Crippen LogP contribution is 2.35. The zero-order valence-corrected chi connectivity index (χ0v) is 9.06. The van der Waals surface area contributed by atoms with E-state index >= 15 is 0 Å². The zero-order chi connectivity index (χ0) is 10.2. The molecule has 1 heterocycles. The van der Waals surface area contributed by atoms with Crippen LogP contribution >= 0.6 is 0 Å². The summed E-state index contributed by atoms with van der Waals surface area (Å²) in [6.07, 6.45) is 6.42. The maximum atomic E-state index is 11.7. The maximum Gasteiger partial charge on any atom is 0.201 e. The molecule has 0 aromatic carbocycles. The van der Waals surface area contributed by atoms with E-state index in [-0.39, 0.29) is 11.4 Å². The molecular weight excluding hydrogens is 176 g/mol. The summed E-state index contributed by atoms with van der Waals surface area (Å²) in [6.45, 7) is 3.97. The van der Waals surface area contributed by atoms with Crippen molar-refractivity contribution in [2.75, 3.05) is 0 Å². The summed E-state index contributed by atoms with van der Waals surface area (Å²) in [7, 11) is 0. The molecule has 1 saturated heterocycles. The van der Waals surface area contributed by atoms with E-state index in [1.54, 1.807) is 0 Å². The molecule has 1 aliphatic carbocycles. The third-order valence-electron chi connectivity index (χ3n) is 3.00. The second kappa shape index (κ2) is 3.41. The van der Waals surface area contributed by atoms with Crippen LogP contribution in [0.4, 0.5) is 0 Å². The van der Waals surface area contributed by atoms with E-state index < -0.39 is 0 Å². The van der Waals surface area contributed by atoms with E-state index in [9.17, 15) is 4.79 Å². The van der Waals surface area contributed by atoms with Gasteiger partial charge in [-0.1, -0.05) is 6.42 Å². The Bertz CT molecular complexity index is 279. The van der Waals surface area contributed by atoms with E-state index in [0.29, 0.717) is 12.2 Å². The lowest BCUT2D eigenvalue weighted by molar-refractivity contribution is -0.115. The number of hydrogen-bond acceptors (Lipinski definition) is 2. The van der Waals surface area contributed by atoms with E-state index in [1.165, 1.54) is 24.8 Å². The van der Waals surface area contributed by atoms with Gasteiger partial charge >= 0.3 is 0 Å². The van der Waals surface area contributed by atoms with Crippen LogP contribution in [0.15, 0.2) is 11.3 Å². The van der Waals surface area contributed by atoms with Crippen LogP contribution in [0.5, 0.6) is 0 Å². The standard InChI is InChI=1S/C12H18O2/c1-12(2)8-10(13)11(14-12)9-6-4-3-5-7-9/h3-8H2,1-2H3. The molecule has 78 valence electrons. The lowest BCUT2D eigenvalue weighted by atomic mass is 9.93. The number of ether oxygens (including phenoxy) is 1. The Labute approximate surface area is 85.3 Å². The molecule has 1 aliphatic heterocycles. The molecule has 0 amide bonds. The average molecular weight is 194 g/mol. The third kappa shape index (κ3) is 1.84. The molecular formula is C12H18O2. The van der Waals surface area contributed by atoms with Crippen molar-refractivity contribution in [2.24, 2.45) is 0 Å². The quantitative estimate of drug-likeness (QED) is 0.554. The molecule has 0 bridgehead atoms. The predicted molar refractivity (Wildman–Crippen MR) is 54.9 cm³/mol. The molecule has 0 aromatic heterocycles. The number of hydrogen-bond donors (Lipinski definition) is 0. The Balaban J connectivity index is 2.21. The fourth-order valence-corrected chi connectivity index (χ4v) is 2.31. The van der Waals surface area contributed by atoms with Gasteiger partial charge in [-0.05, 0) is 45.1 Å². The first-order chi connectivity index (χ1) is 6.58. The number of carbonyl (C=O) groups is 1. The van der Waals surface area contributed by atoms with Crippen LogP contribution in [-0.4, -0.2) is 11.4 Å². The fraction of sp³-hybridized carbons (Fsp3) is 0.750. The SMILES string of the molecule is CC1(C)CC(=O)C(=C2CCCCC2)O1. The van der Waals surface area contributed by atoms with Crippen molar-refractivity contribution in [3.05, 3.63) is 11.3 Å². The molecule has 2 heteroatoms. The molecule has 2 fully saturated rings. The second-order valence-electron chi connectivity index (χ2n) is 4.96. The van der Waals surface area contributed by atoms with Gasteiger partial charge in [0.2, 0.25) is 5.78 Å². The molecule has 0 atom stereocenters. The van der Waals surface area contributed by atoms with Gasteiger partial charge in [0.15, 0.2) is 5.76 Å². The van der Waals surface area contributed by atoms with Crippen molar-refractivity contribution < 1.29 is 9.53 Å². The van der Waals surface area contributed by atoms with Crippen molar-refractivity contribution in [3.63, 3.8) is 0 Å². The summed E-state index contributed by atoms with van der Waals surface area (Å²) in [5, 5.41) is 0. The first-order valence-electron chi connectivity index (χ1n) is 5.53. The van der Waals surface area contributed by atoms with Gasteiger partial charge in [-0.15, -0.1) is 0 Å². The van der Waals surface area contributed by atoms with E-state index in [0.717, 1.165) is 12.8 Å². The Morgan fingerprint density at radius 3 is 2.29 bits per heavy atom. The molecule has 0 aromatic rings. The third-order valence-corrected chi connectivity index (χ3v) is 3.00. The average Bonchev–Trinajstić information content (AvgIpc) is 2.41. The number of allylic oxidation sites excluding steroid dienone is 2. The topological polar surface area (TPSA) is 26.3 Å². The number of carbonyl (C=O) groups excluding carboxylic acids is 1. The van der Waals surface area contributed by atoms with Crippen molar-refractivity contribution in [1.82, 2.24) is 0 Å². The molecule has 2 nitrogen and oxygen atoms in total. The Hall–Kier alpha value is -0.790. The van der Waals surface area contributed by atoms with Gasteiger partial charge in [-0.3, -0.25) is 4.79 Å². The zero-order valence-electron chi connectivity index (χ0n) is 9.06. The van der Waals surface area contributed by atoms with E-state index in [1.807, 2.05) is 13.8 Å². The first-order valence-corrected chi connectivity index (χ1v) is 5.53. The molecule has 0 unspecified atom stereocenters. The Kier molecular flexibility index (Phi) is 2.38. The second-order valence-corrected chi connectivity index (χ2v) is 4.96. The lowest BCUT2D eigenvalue weighted by Crippen LogP contribution is -2.16. The highest BCUT2D eigenvalue weighted by Gasteiger charge is 2.37. The summed E-state index contributed by atoms with van der Waals surface area (Å²) in [6, 6.07) is 0. The van der Waals surface area contributed by atoms with Crippen LogP contribution in [0.3, 0.4) is 0 Å². The number of rotatable bonds is 0. The van der Waals surface area contributed by atoms with Crippen molar-refractivity contribution in [2.45, 2.75) is 58.0 Å². The predicted octanol–water partition coefficient (Wildman–Crippen LogP) is 2.97. The molecule has 0 N–H and O–H groups in total. The first kappa shape index (κ1) is 9.75. The van der Waals surface area contributed by atoms with Crippen LogP contribution in [0.25, 0.3) is 0 Å². The van der Waals surface area contributed by atoms with Gasteiger partial charge in [0.05, 0.1) is 6.42 Å². The summed E-state index contributed by atoms with van der Waals surface area (Å²) in [5.41, 5.74) is 1.00. The molecule has 14 heavy (non-hydrogen) atoms. The van der Waals surface area contributed by atoms with Crippen LogP contribution in [0, 0.1) is 0 Å². The van der Waals surface area contributed by atoms with E-state index in [2.05, 4.69) is 0 Å². The van der Waals surface area contributed by atoms with Crippen LogP contribution < -0.4 is 0 Å². The van der Waals surface area contributed by atoms with Crippen LogP contribution in [-0.2, 0) is 9.53 Å². The normalized spacial score (nSPS) is 26.6. The van der Waals surface area contributed by atoms with Crippen molar-refractivity contribution in [3.8, 4) is 0 Å². The van der Waals surface area contributed by atoms with Crippen molar-refractivity contribution >= 4 is 5.78 Å². The molecule has 2 aliphatic rings. The minimum Gasteiger partial charge on any atom is -0.484 e. The monoisotopic (exact) mass is 194 g/mol. The minimum atomic E-state index is -0.267. The van der Waals surface area contributed by atoms with E-state index in [4.69, 9.17) is 4.74 Å².